The van der Waals surface area contributed by atoms with Crippen LogP contribution in [-0.2, 0) is 0 Å². The molecule has 88 valence electrons. The molecule has 17 heavy (non-hydrogen) atoms. The Hall–Kier alpha value is -1.04. The standard InChI is InChI=1S/C9H7N4.3CH3.Sn/c1-7-3-2-4-8(5-7)9-12-10-6-11-13-9;;;;/h3-6H,1H3;3*1H3;. The Morgan fingerprint density at radius 1 is 0.941 bits per heavy atom. The molecule has 4 nitrogen and oxygen atoms in total. The number of hydrogen-bond acceptors (Lipinski definition) is 4. The summed E-state index contributed by atoms with van der Waals surface area (Å²) in [6.07, 6.45) is 1.35. The van der Waals surface area contributed by atoms with Crippen molar-refractivity contribution in [3.05, 3.63) is 30.1 Å². The van der Waals surface area contributed by atoms with Crippen LogP contribution in [-0.4, -0.2) is 38.8 Å². The number of rotatable bonds is 2. The van der Waals surface area contributed by atoms with Gasteiger partial charge in [-0.3, -0.25) is 0 Å². The van der Waals surface area contributed by atoms with E-state index in [0.29, 0.717) is 5.82 Å². The molecule has 2 rings (SSSR count). The van der Waals surface area contributed by atoms with Crippen LogP contribution in [0.1, 0.15) is 5.56 Å². The molecule has 0 aliphatic heterocycles. The fourth-order valence-corrected chi connectivity index (χ4v) is 5.23. The Morgan fingerprint density at radius 2 is 1.59 bits per heavy atom. The van der Waals surface area contributed by atoms with Gasteiger partial charge in [0.15, 0.2) is 0 Å². The molecule has 0 bridgehead atoms. The molecule has 0 aliphatic rings. The Morgan fingerprint density at radius 3 is 2.18 bits per heavy atom. The molecule has 5 heteroatoms. The van der Waals surface area contributed by atoms with Crippen LogP contribution in [0.25, 0.3) is 11.4 Å². The van der Waals surface area contributed by atoms with Gasteiger partial charge in [0.25, 0.3) is 0 Å². The van der Waals surface area contributed by atoms with E-state index in [-0.39, 0.29) is 0 Å². The Balaban J connectivity index is 2.54. The zero-order valence-corrected chi connectivity index (χ0v) is 13.5. The average Bonchev–Trinajstić information content (AvgIpc) is 2.28. The third-order valence-corrected chi connectivity index (χ3v) is 8.38. The van der Waals surface area contributed by atoms with E-state index in [1.165, 1.54) is 15.5 Å². The van der Waals surface area contributed by atoms with E-state index < -0.39 is 18.4 Å². The summed E-state index contributed by atoms with van der Waals surface area (Å²) in [5, 5.41) is 15.6. The molecule has 0 spiro atoms. The van der Waals surface area contributed by atoms with Crippen molar-refractivity contribution < 1.29 is 0 Å². The maximum absolute atomic E-state index is 4.01. The van der Waals surface area contributed by atoms with Crippen LogP contribution < -0.4 is 3.58 Å². The molecule has 0 saturated carbocycles. The molecule has 1 heterocycles. The molecular formula is C12H16N4Sn. The Labute approximate surface area is 105 Å². The van der Waals surface area contributed by atoms with Gasteiger partial charge in [0, 0.05) is 0 Å². The van der Waals surface area contributed by atoms with Crippen molar-refractivity contribution >= 4 is 22.0 Å². The summed E-state index contributed by atoms with van der Waals surface area (Å²) >= 11 is -2.06. The summed E-state index contributed by atoms with van der Waals surface area (Å²) < 4.78 is 1.47. The zero-order chi connectivity index (χ0) is 12.5. The van der Waals surface area contributed by atoms with E-state index in [9.17, 15) is 0 Å². The van der Waals surface area contributed by atoms with E-state index in [0.717, 1.165) is 5.56 Å². The number of aromatic nitrogens is 4. The van der Waals surface area contributed by atoms with Crippen LogP contribution in [0.2, 0.25) is 14.8 Å². The van der Waals surface area contributed by atoms with Crippen LogP contribution in [0.15, 0.2) is 24.5 Å². The van der Waals surface area contributed by atoms with Gasteiger partial charge >= 0.3 is 106 Å². The molecule has 1 aromatic carbocycles. The van der Waals surface area contributed by atoms with E-state index in [1.54, 1.807) is 0 Å². The fraction of sp³-hybridized carbons (Fsp3) is 0.333. The van der Waals surface area contributed by atoms with Crippen LogP contribution in [0.4, 0.5) is 0 Å². The first-order valence-corrected chi connectivity index (χ1v) is 15.6. The first-order valence-electron chi connectivity index (χ1n) is 5.60. The SMILES string of the molecule is Cc1cc(-c2nncnn2)c[c]([Sn]([CH3])([CH3])[CH3])c1. The van der Waals surface area contributed by atoms with Gasteiger partial charge in [0.1, 0.15) is 0 Å². The summed E-state index contributed by atoms with van der Waals surface area (Å²) in [6.45, 7) is 2.11. The number of hydrogen-bond donors (Lipinski definition) is 0. The van der Waals surface area contributed by atoms with E-state index in [1.807, 2.05) is 0 Å². The average molecular weight is 335 g/mol. The minimum absolute atomic E-state index is 0.605. The first kappa shape index (κ1) is 12.4. The third-order valence-electron chi connectivity index (χ3n) is 2.61. The summed E-state index contributed by atoms with van der Waals surface area (Å²) in [5.41, 5.74) is 2.27. The van der Waals surface area contributed by atoms with Crippen LogP contribution in [0.5, 0.6) is 0 Å². The van der Waals surface area contributed by atoms with Gasteiger partial charge in [-0.1, -0.05) is 0 Å². The second-order valence-corrected chi connectivity index (χ2v) is 19.7. The Bertz CT molecular complexity index is 520. The number of benzene rings is 1. The molecule has 0 N–H and O–H groups in total. The van der Waals surface area contributed by atoms with Gasteiger partial charge in [-0.05, 0) is 0 Å². The third kappa shape index (κ3) is 3.00. The monoisotopic (exact) mass is 336 g/mol. The van der Waals surface area contributed by atoms with Crippen molar-refractivity contribution in [2.45, 2.75) is 21.7 Å². The quantitative estimate of drug-likeness (QED) is 0.786. The fourth-order valence-electron chi connectivity index (χ4n) is 1.66. The molecule has 0 amide bonds. The summed E-state index contributed by atoms with van der Waals surface area (Å²) in [7, 11) is 0. The predicted molar refractivity (Wildman–Crippen MR) is 70.8 cm³/mol. The first-order chi connectivity index (χ1) is 7.97. The van der Waals surface area contributed by atoms with Crippen molar-refractivity contribution in [1.82, 2.24) is 20.4 Å². The second-order valence-electron chi connectivity index (χ2n) is 5.21. The summed E-state index contributed by atoms with van der Waals surface area (Å²) in [4.78, 5) is 7.20. The van der Waals surface area contributed by atoms with Crippen LogP contribution in [0.3, 0.4) is 0 Å². The maximum atomic E-state index is 4.01. The molecule has 0 saturated heterocycles. The molecule has 0 atom stereocenters. The molecule has 0 unspecified atom stereocenters. The van der Waals surface area contributed by atoms with Crippen LogP contribution in [0, 0.1) is 6.92 Å². The summed E-state index contributed by atoms with van der Waals surface area (Å²) in [5.74, 6) is 0.605. The number of aryl methyl sites for hydroxylation is 1. The normalized spacial score (nSPS) is 11.5. The van der Waals surface area contributed by atoms with Gasteiger partial charge in [-0.25, -0.2) is 0 Å². The predicted octanol–water partition coefficient (Wildman–Crippen LogP) is 1.79. The zero-order valence-electron chi connectivity index (χ0n) is 10.6. The van der Waals surface area contributed by atoms with Crippen molar-refractivity contribution in [2.24, 2.45) is 0 Å². The van der Waals surface area contributed by atoms with Gasteiger partial charge in [-0.2, -0.15) is 0 Å². The topological polar surface area (TPSA) is 51.6 Å². The minimum atomic E-state index is -2.06. The van der Waals surface area contributed by atoms with Gasteiger partial charge < -0.3 is 0 Å². The van der Waals surface area contributed by atoms with Gasteiger partial charge in [0.2, 0.25) is 0 Å². The van der Waals surface area contributed by atoms with Crippen LogP contribution >= 0.6 is 0 Å². The van der Waals surface area contributed by atoms with E-state index in [4.69, 9.17) is 0 Å². The number of nitrogens with zero attached hydrogens (tertiary/aromatic N) is 4. The summed E-state index contributed by atoms with van der Waals surface area (Å²) in [6, 6.07) is 6.56. The van der Waals surface area contributed by atoms with Gasteiger partial charge in [0.05, 0.1) is 0 Å². The molecular weight excluding hydrogens is 319 g/mol. The van der Waals surface area contributed by atoms with Crippen molar-refractivity contribution in [3.8, 4) is 11.4 Å². The Kier molecular flexibility index (Phi) is 3.42. The van der Waals surface area contributed by atoms with E-state index >= 15 is 0 Å². The van der Waals surface area contributed by atoms with Gasteiger partial charge in [-0.15, -0.1) is 0 Å². The molecule has 0 aliphatic carbocycles. The second kappa shape index (κ2) is 4.68. The van der Waals surface area contributed by atoms with Crippen molar-refractivity contribution in [2.75, 3.05) is 0 Å². The molecule has 2 aromatic rings. The molecule has 0 radical (unpaired) electrons. The molecule has 1 aromatic heterocycles. The van der Waals surface area contributed by atoms with E-state index in [2.05, 4.69) is 60.3 Å². The van der Waals surface area contributed by atoms with Crippen molar-refractivity contribution in [1.29, 1.82) is 0 Å². The van der Waals surface area contributed by atoms with Crippen molar-refractivity contribution in [3.63, 3.8) is 0 Å². The molecule has 0 fully saturated rings.